The first kappa shape index (κ1) is 17.3. The molecule has 0 spiro atoms. The lowest BCUT2D eigenvalue weighted by molar-refractivity contribution is -0.145. The van der Waals surface area contributed by atoms with E-state index in [2.05, 4.69) is 32.0 Å². The molecule has 2 aromatic rings. The van der Waals surface area contributed by atoms with Crippen molar-refractivity contribution in [1.82, 2.24) is 4.98 Å². The highest BCUT2D eigenvalue weighted by molar-refractivity contribution is 9.10. The maximum Gasteiger partial charge on any atom is 0.331 e. The zero-order chi connectivity index (χ0) is 17.9. The molecule has 0 radical (unpaired) electrons. The molecule has 0 saturated heterocycles. The van der Waals surface area contributed by atoms with E-state index in [9.17, 15) is 10.1 Å². The Morgan fingerprint density at radius 3 is 2.56 bits per heavy atom. The number of halogens is 1. The normalized spacial score (nSPS) is 24.7. The summed E-state index contributed by atoms with van der Waals surface area (Å²) in [6.07, 6.45) is 4.85. The fraction of sp³-hybridized carbons (Fsp3) is 0.263. The molecule has 0 bridgehead atoms. The molecule has 1 aromatic heterocycles. The molecule has 1 aliphatic heterocycles. The molecule has 1 aliphatic rings. The van der Waals surface area contributed by atoms with Crippen molar-refractivity contribution in [2.45, 2.75) is 24.3 Å². The van der Waals surface area contributed by atoms with E-state index in [-0.39, 0.29) is 6.61 Å². The number of rotatable bonds is 4. The fourth-order valence-corrected chi connectivity index (χ4v) is 3.46. The summed E-state index contributed by atoms with van der Waals surface area (Å²) in [5, 5.41) is 10.1. The summed E-state index contributed by atoms with van der Waals surface area (Å²) in [5.41, 5.74) is 0.569. The number of aromatic nitrogens is 1. The number of carbonyl (C=O) groups is 1. The average molecular weight is 398 g/mol. The molecule has 0 N–H and O–H groups in total. The first-order chi connectivity index (χ1) is 12.1. The third kappa shape index (κ3) is 3.08. The van der Waals surface area contributed by atoms with E-state index < -0.39 is 23.3 Å². The topological polar surface area (TPSA) is 75.3 Å². The van der Waals surface area contributed by atoms with Crippen LogP contribution >= 0.6 is 15.9 Å². The van der Waals surface area contributed by atoms with Crippen LogP contribution in [0.4, 0.5) is 0 Å². The Morgan fingerprint density at radius 1 is 1.28 bits per heavy atom. The Labute approximate surface area is 154 Å². The Balaban J connectivity index is 2.14. The number of aliphatic imine (C=N–C) groups is 1. The van der Waals surface area contributed by atoms with Crippen LogP contribution < -0.4 is 0 Å². The van der Waals surface area contributed by atoms with Crippen LogP contribution in [0, 0.1) is 11.3 Å². The second kappa shape index (κ2) is 7.16. The zero-order valence-corrected chi connectivity index (χ0v) is 15.2. The van der Waals surface area contributed by atoms with Crippen molar-refractivity contribution in [3.05, 3.63) is 64.4 Å². The average Bonchev–Trinajstić information content (AvgIpc) is 3.04. The summed E-state index contributed by atoms with van der Waals surface area (Å²) in [7, 11) is 0. The van der Waals surface area contributed by atoms with Crippen LogP contribution in [0.5, 0.6) is 0 Å². The van der Waals surface area contributed by atoms with E-state index in [4.69, 9.17) is 4.74 Å². The van der Waals surface area contributed by atoms with Gasteiger partial charge in [0.25, 0.3) is 0 Å². The Hall–Kier alpha value is -2.52. The summed E-state index contributed by atoms with van der Waals surface area (Å²) < 4.78 is 6.12. The van der Waals surface area contributed by atoms with Gasteiger partial charge in [-0.3, -0.25) is 9.98 Å². The Kier molecular flexibility index (Phi) is 4.95. The van der Waals surface area contributed by atoms with Gasteiger partial charge in [-0.1, -0.05) is 28.1 Å². The largest absolute Gasteiger partial charge is 0.464 e. The molecule has 1 aromatic carbocycles. The van der Waals surface area contributed by atoms with Crippen LogP contribution in [0.15, 0.2) is 58.3 Å². The summed E-state index contributed by atoms with van der Waals surface area (Å²) in [4.78, 5) is 20.9. The van der Waals surface area contributed by atoms with E-state index in [1.807, 2.05) is 24.3 Å². The van der Waals surface area contributed by atoms with E-state index in [0.29, 0.717) is 0 Å². The first-order valence-corrected chi connectivity index (χ1v) is 8.70. The van der Waals surface area contributed by atoms with E-state index in [1.54, 1.807) is 37.7 Å². The maximum atomic E-state index is 12.5. The highest BCUT2D eigenvalue weighted by Gasteiger charge is 2.52. The van der Waals surface area contributed by atoms with Crippen molar-refractivity contribution in [2.24, 2.45) is 4.99 Å². The number of ether oxygens (including phenoxy) is 1. The van der Waals surface area contributed by atoms with Crippen molar-refractivity contribution in [2.75, 3.05) is 6.61 Å². The summed E-state index contributed by atoms with van der Waals surface area (Å²) in [5.74, 6) is -0.884. The number of carbonyl (C=O) groups excluding carboxylic acids is 1. The van der Waals surface area contributed by atoms with Crippen molar-refractivity contribution in [1.29, 1.82) is 5.26 Å². The SMILES string of the molecule is CCOC(=O)[C@@H]1N=C[C@](C#N)(c2ccncc2)[C@H]1c1ccc(Br)cc1. The van der Waals surface area contributed by atoms with Crippen LogP contribution in [-0.4, -0.2) is 29.8 Å². The molecule has 5 nitrogen and oxygen atoms in total. The highest BCUT2D eigenvalue weighted by Crippen LogP contribution is 2.45. The third-order valence-corrected chi connectivity index (χ3v) is 4.87. The molecule has 3 atom stereocenters. The molecule has 6 heteroatoms. The van der Waals surface area contributed by atoms with Crippen LogP contribution in [-0.2, 0) is 14.9 Å². The van der Waals surface area contributed by atoms with Gasteiger partial charge in [0.2, 0.25) is 0 Å². The number of hydrogen-bond acceptors (Lipinski definition) is 5. The predicted octanol–water partition coefficient (Wildman–Crippen LogP) is 3.41. The van der Waals surface area contributed by atoms with Gasteiger partial charge in [-0.15, -0.1) is 0 Å². The van der Waals surface area contributed by atoms with Gasteiger partial charge in [-0.05, 0) is 42.3 Å². The van der Waals surface area contributed by atoms with Gasteiger partial charge < -0.3 is 4.74 Å². The summed E-state index contributed by atoms with van der Waals surface area (Å²) in [6.45, 7) is 2.03. The Morgan fingerprint density at radius 2 is 1.96 bits per heavy atom. The van der Waals surface area contributed by atoms with Gasteiger partial charge in [0.1, 0.15) is 5.41 Å². The molecule has 0 unspecified atom stereocenters. The molecule has 2 heterocycles. The van der Waals surface area contributed by atoms with Crippen LogP contribution in [0.3, 0.4) is 0 Å². The second-order valence-electron chi connectivity index (χ2n) is 5.72. The molecule has 25 heavy (non-hydrogen) atoms. The lowest BCUT2D eigenvalue weighted by Gasteiger charge is -2.30. The van der Waals surface area contributed by atoms with Gasteiger partial charge in [0.05, 0.1) is 12.7 Å². The number of esters is 1. The van der Waals surface area contributed by atoms with Crippen LogP contribution in [0.25, 0.3) is 0 Å². The number of nitrogens with zero attached hydrogens (tertiary/aromatic N) is 3. The van der Waals surface area contributed by atoms with E-state index >= 15 is 0 Å². The minimum atomic E-state index is -1.05. The lowest BCUT2D eigenvalue weighted by atomic mass is 9.68. The van der Waals surface area contributed by atoms with Crippen LogP contribution in [0.1, 0.15) is 24.0 Å². The van der Waals surface area contributed by atoms with Crippen molar-refractivity contribution >= 4 is 28.1 Å². The predicted molar refractivity (Wildman–Crippen MR) is 97.3 cm³/mol. The molecule has 126 valence electrons. The monoisotopic (exact) mass is 397 g/mol. The maximum absolute atomic E-state index is 12.5. The number of pyridine rings is 1. The van der Waals surface area contributed by atoms with Gasteiger partial charge in [-0.25, -0.2) is 4.79 Å². The van der Waals surface area contributed by atoms with E-state index in [1.165, 1.54) is 0 Å². The van der Waals surface area contributed by atoms with Crippen molar-refractivity contribution in [3.8, 4) is 6.07 Å². The van der Waals surface area contributed by atoms with Crippen molar-refractivity contribution in [3.63, 3.8) is 0 Å². The van der Waals surface area contributed by atoms with E-state index in [0.717, 1.165) is 15.6 Å². The highest BCUT2D eigenvalue weighted by atomic mass is 79.9. The number of benzene rings is 1. The quantitative estimate of drug-likeness (QED) is 0.740. The molecular weight excluding hydrogens is 382 g/mol. The van der Waals surface area contributed by atoms with Crippen molar-refractivity contribution < 1.29 is 9.53 Å². The standard InChI is InChI=1S/C19H16BrN3O2/c1-2-25-18(24)17-16(13-3-5-15(20)6-4-13)19(11-21,12-23-17)14-7-9-22-10-8-14/h3-10,12,16-17H,2H2,1H3/t16-,17+,19+/m0/s1. The lowest BCUT2D eigenvalue weighted by Crippen LogP contribution is -2.38. The van der Waals surface area contributed by atoms with Gasteiger partial charge in [0.15, 0.2) is 6.04 Å². The summed E-state index contributed by atoms with van der Waals surface area (Å²) in [6, 6.07) is 12.8. The van der Waals surface area contributed by atoms with Gasteiger partial charge in [0, 0.05) is 29.0 Å². The minimum Gasteiger partial charge on any atom is -0.464 e. The molecule has 0 aliphatic carbocycles. The smallest absolute Gasteiger partial charge is 0.331 e. The molecule has 0 amide bonds. The zero-order valence-electron chi connectivity index (χ0n) is 13.6. The molecule has 0 saturated carbocycles. The summed E-state index contributed by atoms with van der Waals surface area (Å²) >= 11 is 3.42. The number of nitriles is 1. The number of hydrogen-bond donors (Lipinski definition) is 0. The Bertz CT molecular complexity index is 830. The third-order valence-electron chi connectivity index (χ3n) is 4.35. The fourth-order valence-electron chi connectivity index (χ4n) is 3.20. The van der Waals surface area contributed by atoms with Crippen LogP contribution in [0.2, 0.25) is 0 Å². The van der Waals surface area contributed by atoms with Gasteiger partial charge >= 0.3 is 5.97 Å². The molecule has 3 rings (SSSR count). The second-order valence-corrected chi connectivity index (χ2v) is 6.64. The molecule has 0 fully saturated rings. The minimum absolute atomic E-state index is 0.271. The van der Waals surface area contributed by atoms with Gasteiger partial charge in [-0.2, -0.15) is 5.26 Å². The molecular formula is C19H16BrN3O2. The first-order valence-electron chi connectivity index (χ1n) is 7.90.